The molecular formula is C18H20FN3O2. The molecule has 2 aliphatic rings. The molecular weight excluding hydrogens is 309 g/mol. The third-order valence-corrected chi connectivity index (χ3v) is 5.45. The van der Waals surface area contributed by atoms with Gasteiger partial charge in [-0.25, -0.2) is 9.07 Å². The summed E-state index contributed by atoms with van der Waals surface area (Å²) in [6.07, 6.45) is 0. The highest BCUT2D eigenvalue weighted by molar-refractivity contribution is 5.74. The van der Waals surface area contributed by atoms with Crippen LogP contribution < -0.4 is 0 Å². The second-order valence-corrected chi connectivity index (χ2v) is 6.92. The number of aliphatic carboxylic acids is 1. The van der Waals surface area contributed by atoms with E-state index in [0.29, 0.717) is 11.8 Å². The first-order valence-electron chi connectivity index (χ1n) is 8.22. The van der Waals surface area contributed by atoms with E-state index < -0.39 is 5.97 Å². The zero-order chi connectivity index (χ0) is 17.0. The van der Waals surface area contributed by atoms with Crippen molar-refractivity contribution in [3.63, 3.8) is 0 Å². The Kier molecular flexibility index (Phi) is 3.46. The number of rotatable bonds is 4. The van der Waals surface area contributed by atoms with Gasteiger partial charge >= 0.3 is 5.97 Å². The number of carboxylic acid groups (broad SMARTS) is 1. The Balaban J connectivity index is 1.51. The molecule has 3 atom stereocenters. The fourth-order valence-corrected chi connectivity index (χ4v) is 4.07. The third kappa shape index (κ3) is 2.41. The molecule has 0 spiro atoms. The highest BCUT2D eigenvalue weighted by Crippen LogP contribution is 2.52. The van der Waals surface area contributed by atoms with Crippen LogP contribution in [0.2, 0.25) is 0 Å². The molecule has 1 aromatic heterocycles. The lowest BCUT2D eigenvalue weighted by molar-refractivity contribution is -0.139. The van der Waals surface area contributed by atoms with Gasteiger partial charge in [0.25, 0.3) is 0 Å². The first kappa shape index (κ1) is 15.3. The van der Waals surface area contributed by atoms with Crippen molar-refractivity contribution in [3.05, 3.63) is 47.0 Å². The molecule has 1 aliphatic heterocycles. The molecule has 1 unspecified atom stereocenters. The number of nitrogens with zero attached hydrogens (tertiary/aromatic N) is 3. The molecule has 4 rings (SSSR count). The maximum absolute atomic E-state index is 13.1. The number of hydrogen-bond acceptors (Lipinski definition) is 3. The van der Waals surface area contributed by atoms with Gasteiger partial charge in [-0.3, -0.25) is 9.69 Å². The summed E-state index contributed by atoms with van der Waals surface area (Å²) in [7, 11) is 0. The minimum Gasteiger partial charge on any atom is -0.481 e. The maximum Gasteiger partial charge on any atom is 0.307 e. The van der Waals surface area contributed by atoms with Crippen LogP contribution in [-0.2, 0) is 11.3 Å². The Morgan fingerprint density at radius 1 is 1.25 bits per heavy atom. The maximum atomic E-state index is 13.1. The van der Waals surface area contributed by atoms with Crippen LogP contribution in [0.1, 0.15) is 17.0 Å². The fourth-order valence-electron chi connectivity index (χ4n) is 4.07. The summed E-state index contributed by atoms with van der Waals surface area (Å²) in [5, 5.41) is 13.7. The largest absolute Gasteiger partial charge is 0.481 e. The number of halogens is 1. The molecule has 5 nitrogen and oxygen atoms in total. The molecule has 0 radical (unpaired) electrons. The standard InChI is InChI=1S/C18H20FN3O2/c1-10-14(7-21-8-15-16(9-21)17(15)18(23)24)11(2)22(20-10)13-5-3-12(19)4-6-13/h3-6,15-17H,7-9H2,1-2H3,(H,23,24)/t15-,16+,17?. The average Bonchev–Trinajstić information content (AvgIpc) is 2.94. The monoisotopic (exact) mass is 329 g/mol. The minimum absolute atomic E-state index is 0.134. The molecule has 0 amide bonds. The van der Waals surface area contributed by atoms with E-state index in [1.54, 1.807) is 12.1 Å². The highest BCUT2D eigenvalue weighted by atomic mass is 19.1. The van der Waals surface area contributed by atoms with Crippen molar-refractivity contribution in [1.82, 2.24) is 14.7 Å². The van der Waals surface area contributed by atoms with Crippen LogP contribution in [0.4, 0.5) is 4.39 Å². The summed E-state index contributed by atoms with van der Waals surface area (Å²) >= 11 is 0. The summed E-state index contributed by atoms with van der Waals surface area (Å²) in [4.78, 5) is 13.4. The zero-order valence-corrected chi connectivity index (χ0v) is 13.7. The lowest BCUT2D eigenvalue weighted by atomic mass is 10.1. The number of hydrogen-bond donors (Lipinski definition) is 1. The molecule has 6 heteroatoms. The number of fused-ring (bicyclic) bond motifs is 1. The van der Waals surface area contributed by atoms with E-state index in [2.05, 4.69) is 10.00 Å². The van der Waals surface area contributed by atoms with Crippen LogP contribution in [0.25, 0.3) is 5.69 Å². The van der Waals surface area contributed by atoms with E-state index in [-0.39, 0.29) is 11.7 Å². The predicted molar refractivity (Wildman–Crippen MR) is 86.4 cm³/mol. The SMILES string of the molecule is Cc1nn(-c2ccc(F)cc2)c(C)c1CN1C[C@@H]2C(C(=O)O)[C@@H]2C1. The minimum atomic E-state index is -0.652. The first-order valence-corrected chi connectivity index (χ1v) is 8.22. The topological polar surface area (TPSA) is 58.4 Å². The third-order valence-electron chi connectivity index (χ3n) is 5.45. The number of carbonyl (C=O) groups is 1. The van der Waals surface area contributed by atoms with Gasteiger partial charge in [0.15, 0.2) is 0 Å². The Hall–Kier alpha value is -2.21. The lowest BCUT2D eigenvalue weighted by Crippen LogP contribution is -2.26. The number of aryl methyl sites for hydroxylation is 1. The number of aromatic nitrogens is 2. The van der Waals surface area contributed by atoms with Crippen LogP contribution in [0.15, 0.2) is 24.3 Å². The van der Waals surface area contributed by atoms with Gasteiger partial charge in [-0.1, -0.05) is 0 Å². The van der Waals surface area contributed by atoms with E-state index in [0.717, 1.165) is 36.7 Å². The van der Waals surface area contributed by atoms with Gasteiger partial charge in [-0.05, 0) is 49.9 Å². The quantitative estimate of drug-likeness (QED) is 0.936. The van der Waals surface area contributed by atoms with Gasteiger partial charge in [0.1, 0.15) is 5.82 Å². The number of piperidine rings is 1. The van der Waals surface area contributed by atoms with Crippen molar-refractivity contribution >= 4 is 5.97 Å². The summed E-state index contributed by atoms with van der Waals surface area (Å²) in [6.45, 7) is 6.50. The van der Waals surface area contributed by atoms with Gasteiger partial charge in [0.2, 0.25) is 0 Å². The normalized spacial score (nSPS) is 25.7. The van der Waals surface area contributed by atoms with Crippen LogP contribution in [0, 0.1) is 37.4 Å². The summed E-state index contributed by atoms with van der Waals surface area (Å²) in [5.41, 5.74) is 4.03. The Morgan fingerprint density at radius 3 is 2.46 bits per heavy atom. The van der Waals surface area contributed by atoms with Gasteiger partial charge < -0.3 is 5.11 Å². The second-order valence-electron chi connectivity index (χ2n) is 6.92. The smallest absolute Gasteiger partial charge is 0.307 e. The van der Waals surface area contributed by atoms with Gasteiger partial charge in [-0.2, -0.15) is 5.10 Å². The van der Waals surface area contributed by atoms with Gasteiger partial charge in [0.05, 0.1) is 17.3 Å². The Morgan fingerprint density at radius 2 is 1.88 bits per heavy atom. The van der Waals surface area contributed by atoms with Crippen molar-refractivity contribution in [2.24, 2.45) is 17.8 Å². The highest BCUT2D eigenvalue weighted by Gasteiger charge is 2.59. The molecule has 24 heavy (non-hydrogen) atoms. The number of carboxylic acids is 1. The van der Waals surface area contributed by atoms with Crippen molar-refractivity contribution in [2.75, 3.05) is 13.1 Å². The van der Waals surface area contributed by atoms with E-state index in [9.17, 15) is 9.18 Å². The fraction of sp³-hybridized carbons (Fsp3) is 0.444. The zero-order valence-electron chi connectivity index (χ0n) is 13.7. The van der Waals surface area contributed by atoms with Crippen molar-refractivity contribution in [2.45, 2.75) is 20.4 Å². The van der Waals surface area contributed by atoms with E-state index >= 15 is 0 Å². The summed E-state index contributed by atoms with van der Waals surface area (Å²) in [6, 6.07) is 6.32. The van der Waals surface area contributed by atoms with Gasteiger partial charge in [0, 0.05) is 30.9 Å². The molecule has 1 aliphatic carbocycles. The Labute approximate surface area is 139 Å². The van der Waals surface area contributed by atoms with Crippen LogP contribution in [-0.4, -0.2) is 38.8 Å². The van der Waals surface area contributed by atoms with E-state index in [1.165, 1.54) is 17.7 Å². The van der Waals surface area contributed by atoms with E-state index in [4.69, 9.17) is 5.11 Å². The molecule has 2 fully saturated rings. The summed E-state index contributed by atoms with van der Waals surface area (Å²) < 4.78 is 15.0. The number of benzene rings is 1. The molecule has 1 saturated heterocycles. The van der Waals surface area contributed by atoms with Crippen molar-refractivity contribution in [3.8, 4) is 5.69 Å². The molecule has 0 bridgehead atoms. The van der Waals surface area contributed by atoms with Gasteiger partial charge in [-0.15, -0.1) is 0 Å². The molecule has 1 N–H and O–H groups in total. The average molecular weight is 329 g/mol. The number of likely N-dealkylation sites (tertiary alicyclic amines) is 1. The molecule has 2 heterocycles. The molecule has 126 valence electrons. The van der Waals surface area contributed by atoms with Crippen molar-refractivity contribution in [1.29, 1.82) is 0 Å². The van der Waals surface area contributed by atoms with Crippen LogP contribution >= 0.6 is 0 Å². The van der Waals surface area contributed by atoms with E-state index in [1.807, 2.05) is 18.5 Å². The Bertz CT molecular complexity index is 787. The van der Waals surface area contributed by atoms with Crippen molar-refractivity contribution < 1.29 is 14.3 Å². The molecule has 1 saturated carbocycles. The van der Waals surface area contributed by atoms with Crippen LogP contribution in [0.5, 0.6) is 0 Å². The lowest BCUT2D eigenvalue weighted by Gasteiger charge is -2.19. The first-order chi connectivity index (χ1) is 11.5. The second kappa shape index (κ2) is 5.41. The molecule has 2 aromatic rings. The summed E-state index contributed by atoms with van der Waals surface area (Å²) in [5.74, 6) is -0.415. The van der Waals surface area contributed by atoms with Crippen LogP contribution in [0.3, 0.4) is 0 Å². The molecule has 1 aromatic carbocycles. The predicted octanol–water partition coefficient (Wildman–Crippen LogP) is 2.39.